The van der Waals surface area contributed by atoms with Gasteiger partial charge in [-0.2, -0.15) is 0 Å². The van der Waals surface area contributed by atoms with Gasteiger partial charge < -0.3 is 15.0 Å². The van der Waals surface area contributed by atoms with Gasteiger partial charge in [0.1, 0.15) is 23.8 Å². The summed E-state index contributed by atoms with van der Waals surface area (Å²) in [4.78, 5) is 0. The first-order valence-corrected chi connectivity index (χ1v) is 6.04. The molecule has 0 fully saturated rings. The number of rotatable bonds is 4. The van der Waals surface area contributed by atoms with Crippen molar-refractivity contribution >= 4 is 11.6 Å². The fraction of sp³-hybridized carbons (Fsp3) is 0.308. The smallest absolute Gasteiger partial charge is 0.138 e. The van der Waals surface area contributed by atoms with Gasteiger partial charge in [0.05, 0.1) is 5.02 Å². The molecule has 0 saturated heterocycles. The topological polar surface area (TPSA) is 61.3 Å². The molecule has 1 aromatic carbocycles. The van der Waals surface area contributed by atoms with Gasteiger partial charge in [-0.3, -0.25) is 0 Å². The number of nitrogens with zero attached hydrogens (tertiary/aromatic N) is 1. The van der Waals surface area contributed by atoms with Crippen molar-refractivity contribution in [2.45, 2.75) is 26.5 Å². The fourth-order valence-electron chi connectivity index (χ4n) is 1.56. The largest absolute Gasteiger partial charge is 0.486 e. The maximum absolute atomic E-state index is 6.12. The van der Waals surface area contributed by atoms with Crippen molar-refractivity contribution in [1.82, 2.24) is 5.16 Å². The molecule has 96 valence electrons. The van der Waals surface area contributed by atoms with Gasteiger partial charge in [-0.25, -0.2) is 0 Å². The van der Waals surface area contributed by atoms with Crippen LogP contribution in [-0.2, 0) is 6.61 Å². The molecule has 0 unspecified atom stereocenters. The van der Waals surface area contributed by atoms with Crippen LogP contribution in [0.4, 0.5) is 0 Å². The Kier molecular flexibility index (Phi) is 3.89. The minimum Gasteiger partial charge on any atom is -0.486 e. The first-order valence-electron chi connectivity index (χ1n) is 5.66. The van der Waals surface area contributed by atoms with Crippen molar-refractivity contribution in [2.24, 2.45) is 5.73 Å². The molecule has 18 heavy (non-hydrogen) atoms. The van der Waals surface area contributed by atoms with Crippen molar-refractivity contribution in [3.05, 3.63) is 46.3 Å². The summed E-state index contributed by atoms with van der Waals surface area (Å²) in [7, 11) is 0. The highest BCUT2D eigenvalue weighted by molar-refractivity contribution is 6.32. The summed E-state index contributed by atoms with van der Waals surface area (Å²) in [6.45, 7) is 4.07. The van der Waals surface area contributed by atoms with E-state index in [0.29, 0.717) is 17.4 Å². The molecule has 1 atom stereocenters. The van der Waals surface area contributed by atoms with E-state index < -0.39 is 0 Å². The Morgan fingerprint density at radius 3 is 2.78 bits per heavy atom. The lowest BCUT2D eigenvalue weighted by atomic mass is 10.1. The molecule has 5 heteroatoms. The third kappa shape index (κ3) is 3.03. The van der Waals surface area contributed by atoms with E-state index >= 15 is 0 Å². The Bertz CT molecular complexity index is 538. The van der Waals surface area contributed by atoms with E-state index in [1.807, 2.05) is 38.1 Å². The molecule has 1 aromatic heterocycles. The third-order valence-corrected chi connectivity index (χ3v) is 2.83. The van der Waals surface area contributed by atoms with E-state index in [-0.39, 0.29) is 6.04 Å². The standard InChI is InChI=1S/C13H15ClN2O2/c1-8-5-11(16-18-8)7-17-13-4-3-10(9(2)15)6-12(13)14/h3-6,9H,7,15H2,1-2H3/t9-/m0/s1. The molecule has 0 saturated carbocycles. The summed E-state index contributed by atoms with van der Waals surface area (Å²) in [5.74, 6) is 1.37. The second kappa shape index (κ2) is 5.42. The van der Waals surface area contributed by atoms with Crippen LogP contribution < -0.4 is 10.5 Å². The Hall–Kier alpha value is -1.52. The SMILES string of the molecule is Cc1cc(COc2ccc([C@H](C)N)cc2Cl)no1. The molecular weight excluding hydrogens is 252 g/mol. The van der Waals surface area contributed by atoms with Crippen LogP contribution >= 0.6 is 11.6 Å². The molecule has 2 aromatic rings. The fourth-order valence-corrected chi connectivity index (χ4v) is 1.80. The van der Waals surface area contributed by atoms with Crippen molar-refractivity contribution in [2.75, 3.05) is 0 Å². The summed E-state index contributed by atoms with van der Waals surface area (Å²) in [5, 5.41) is 4.39. The molecular formula is C13H15ClN2O2. The van der Waals surface area contributed by atoms with E-state index in [1.165, 1.54) is 0 Å². The number of ether oxygens (including phenoxy) is 1. The lowest BCUT2D eigenvalue weighted by Crippen LogP contribution is -2.05. The molecule has 2 rings (SSSR count). The normalized spacial score (nSPS) is 12.4. The maximum Gasteiger partial charge on any atom is 0.138 e. The number of benzene rings is 1. The van der Waals surface area contributed by atoms with Crippen LogP contribution in [0.1, 0.15) is 30.0 Å². The van der Waals surface area contributed by atoms with E-state index in [9.17, 15) is 0 Å². The minimum atomic E-state index is -0.0465. The Morgan fingerprint density at radius 2 is 2.22 bits per heavy atom. The quantitative estimate of drug-likeness (QED) is 0.923. The van der Waals surface area contributed by atoms with Crippen molar-refractivity contribution < 1.29 is 9.26 Å². The lowest BCUT2D eigenvalue weighted by Gasteiger charge is -2.10. The van der Waals surface area contributed by atoms with E-state index in [2.05, 4.69) is 5.16 Å². The van der Waals surface area contributed by atoms with Crippen LogP contribution in [0.3, 0.4) is 0 Å². The first-order chi connectivity index (χ1) is 8.56. The van der Waals surface area contributed by atoms with Gasteiger partial charge in [-0.05, 0) is 31.5 Å². The molecule has 1 heterocycles. The van der Waals surface area contributed by atoms with Crippen LogP contribution in [0.25, 0.3) is 0 Å². The lowest BCUT2D eigenvalue weighted by molar-refractivity contribution is 0.288. The van der Waals surface area contributed by atoms with Crippen molar-refractivity contribution in [3.8, 4) is 5.75 Å². The minimum absolute atomic E-state index is 0.0465. The summed E-state index contributed by atoms with van der Waals surface area (Å²) in [6, 6.07) is 7.31. The number of halogens is 1. The predicted molar refractivity (Wildman–Crippen MR) is 69.6 cm³/mol. The number of aromatic nitrogens is 1. The van der Waals surface area contributed by atoms with Gasteiger partial charge in [0, 0.05) is 12.1 Å². The summed E-state index contributed by atoms with van der Waals surface area (Å²) in [6.07, 6.45) is 0. The molecule has 2 N–H and O–H groups in total. The average Bonchev–Trinajstić information content (AvgIpc) is 2.73. The monoisotopic (exact) mass is 266 g/mol. The zero-order valence-electron chi connectivity index (χ0n) is 10.3. The molecule has 4 nitrogen and oxygen atoms in total. The van der Waals surface area contributed by atoms with Gasteiger partial charge >= 0.3 is 0 Å². The van der Waals surface area contributed by atoms with Crippen molar-refractivity contribution in [3.63, 3.8) is 0 Å². The first kappa shape index (κ1) is 12.9. The Labute approximate surface area is 111 Å². The summed E-state index contributed by atoms with van der Waals surface area (Å²) < 4.78 is 10.5. The van der Waals surface area contributed by atoms with Gasteiger partial charge in [0.25, 0.3) is 0 Å². The molecule has 0 aliphatic carbocycles. The van der Waals surface area contributed by atoms with Gasteiger partial charge in [-0.1, -0.05) is 22.8 Å². The Balaban J connectivity index is 2.05. The number of nitrogens with two attached hydrogens (primary N) is 1. The molecule has 0 aliphatic rings. The van der Waals surface area contributed by atoms with Gasteiger partial charge in [0.15, 0.2) is 0 Å². The summed E-state index contributed by atoms with van der Waals surface area (Å²) in [5.41, 5.74) is 7.49. The van der Waals surface area contributed by atoms with Crippen LogP contribution in [-0.4, -0.2) is 5.16 Å². The second-order valence-corrected chi connectivity index (χ2v) is 4.60. The third-order valence-electron chi connectivity index (χ3n) is 2.53. The second-order valence-electron chi connectivity index (χ2n) is 4.20. The zero-order chi connectivity index (χ0) is 13.1. The predicted octanol–water partition coefficient (Wildman–Crippen LogP) is 3.24. The maximum atomic E-state index is 6.12. The van der Waals surface area contributed by atoms with E-state index in [4.69, 9.17) is 26.6 Å². The number of hydrogen-bond donors (Lipinski definition) is 1. The van der Waals surface area contributed by atoms with Gasteiger partial charge in [-0.15, -0.1) is 0 Å². The molecule has 0 bridgehead atoms. The molecule has 0 aliphatic heterocycles. The van der Waals surface area contributed by atoms with Crippen molar-refractivity contribution in [1.29, 1.82) is 0 Å². The summed E-state index contributed by atoms with van der Waals surface area (Å²) >= 11 is 6.12. The highest BCUT2D eigenvalue weighted by atomic mass is 35.5. The van der Waals surface area contributed by atoms with Crippen LogP contribution in [0.15, 0.2) is 28.8 Å². The van der Waals surface area contributed by atoms with Gasteiger partial charge in [0.2, 0.25) is 0 Å². The Morgan fingerprint density at radius 1 is 1.44 bits per heavy atom. The van der Waals surface area contributed by atoms with Crippen LogP contribution in [0.5, 0.6) is 5.75 Å². The van der Waals surface area contributed by atoms with E-state index in [0.717, 1.165) is 17.0 Å². The molecule has 0 spiro atoms. The number of hydrogen-bond acceptors (Lipinski definition) is 4. The van der Waals surface area contributed by atoms with Crippen LogP contribution in [0.2, 0.25) is 5.02 Å². The highest BCUT2D eigenvalue weighted by Crippen LogP contribution is 2.27. The zero-order valence-corrected chi connectivity index (χ0v) is 11.1. The highest BCUT2D eigenvalue weighted by Gasteiger charge is 2.07. The van der Waals surface area contributed by atoms with Crippen LogP contribution in [0, 0.1) is 6.92 Å². The molecule has 0 radical (unpaired) electrons. The molecule has 0 amide bonds. The average molecular weight is 267 g/mol. The van der Waals surface area contributed by atoms with E-state index in [1.54, 1.807) is 0 Å². The number of aryl methyl sites for hydroxylation is 1.